The lowest BCUT2D eigenvalue weighted by atomic mass is 10.1. The zero-order valence-corrected chi connectivity index (χ0v) is 8.83. The fraction of sp³-hybridized carbons (Fsp3) is 0.0833. The number of nitrogens with zero attached hydrogens (tertiary/aromatic N) is 1. The third kappa shape index (κ3) is 2.97. The lowest BCUT2D eigenvalue weighted by Crippen LogP contribution is -2.17. The second-order valence-corrected chi connectivity index (χ2v) is 3.33. The van der Waals surface area contributed by atoms with Crippen molar-refractivity contribution in [2.75, 3.05) is 0 Å². The van der Waals surface area contributed by atoms with Crippen molar-refractivity contribution < 1.29 is 22.3 Å². The zero-order chi connectivity index (χ0) is 13.2. The standard InChI is InChI=1S/C12H6F4NO/c13-9-7-8(10-3-1-2-6-17-10)4-5-11(9)18-12(14,15)16/h2-7H. The van der Waals surface area contributed by atoms with Crippen LogP contribution in [0.2, 0.25) is 0 Å². The number of alkyl halides is 3. The highest BCUT2D eigenvalue weighted by Gasteiger charge is 2.32. The van der Waals surface area contributed by atoms with Crippen molar-refractivity contribution in [2.45, 2.75) is 6.36 Å². The lowest BCUT2D eigenvalue weighted by molar-refractivity contribution is -0.275. The Bertz CT molecular complexity index is 540. The number of pyridine rings is 1. The predicted octanol–water partition coefficient (Wildman–Crippen LogP) is 3.59. The molecule has 0 unspecified atom stereocenters. The average Bonchev–Trinajstić information content (AvgIpc) is 2.31. The molecule has 0 saturated carbocycles. The molecule has 0 amide bonds. The molecule has 0 saturated heterocycles. The summed E-state index contributed by atoms with van der Waals surface area (Å²) in [7, 11) is 0. The number of hydrogen-bond donors (Lipinski definition) is 0. The minimum atomic E-state index is -4.92. The van der Waals surface area contributed by atoms with Crippen LogP contribution in [0.4, 0.5) is 17.6 Å². The second kappa shape index (κ2) is 4.64. The van der Waals surface area contributed by atoms with E-state index < -0.39 is 17.9 Å². The Hall–Kier alpha value is -2.11. The molecule has 1 aromatic heterocycles. The Labute approximate surface area is 99.8 Å². The van der Waals surface area contributed by atoms with E-state index in [1.165, 1.54) is 18.3 Å². The molecular weight excluding hydrogens is 250 g/mol. The van der Waals surface area contributed by atoms with Gasteiger partial charge in [-0.05, 0) is 36.4 Å². The maximum absolute atomic E-state index is 13.4. The van der Waals surface area contributed by atoms with Gasteiger partial charge in [0.25, 0.3) is 0 Å². The van der Waals surface area contributed by atoms with Gasteiger partial charge >= 0.3 is 6.36 Å². The number of aromatic nitrogens is 1. The molecule has 2 nitrogen and oxygen atoms in total. The van der Waals surface area contributed by atoms with Crippen molar-refractivity contribution in [3.8, 4) is 17.0 Å². The first kappa shape index (κ1) is 12.3. The Morgan fingerprint density at radius 2 is 2.00 bits per heavy atom. The van der Waals surface area contributed by atoms with E-state index in [9.17, 15) is 17.6 Å². The SMILES string of the molecule is Fc1cc(-c2c[c]ccn2)ccc1OC(F)(F)F. The van der Waals surface area contributed by atoms with Gasteiger partial charge in [0.15, 0.2) is 11.6 Å². The summed E-state index contributed by atoms with van der Waals surface area (Å²) < 4.78 is 52.7. The van der Waals surface area contributed by atoms with E-state index in [-0.39, 0.29) is 0 Å². The summed E-state index contributed by atoms with van der Waals surface area (Å²) in [4.78, 5) is 3.93. The van der Waals surface area contributed by atoms with Crippen LogP contribution in [0.15, 0.2) is 36.5 Å². The third-order valence-electron chi connectivity index (χ3n) is 2.06. The van der Waals surface area contributed by atoms with Gasteiger partial charge < -0.3 is 4.74 Å². The van der Waals surface area contributed by atoms with E-state index in [2.05, 4.69) is 15.8 Å². The lowest BCUT2D eigenvalue weighted by Gasteiger charge is -2.10. The smallest absolute Gasteiger partial charge is 0.403 e. The maximum Gasteiger partial charge on any atom is 0.573 e. The Morgan fingerprint density at radius 1 is 1.22 bits per heavy atom. The van der Waals surface area contributed by atoms with Gasteiger partial charge in [-0.3, -0.25) is 4.98 Å². The molecule has 0 fully saturated rings. The molecular formula is C12H6F4NO. The van der Waals surface area contributed by atoms with Crippen LogP contribution in [0.3, 0.4) is 0 Å². The van der Waals surface area contributed by atoms with Gasteiger partial charge in [0.05, 0.1) is 5.69 Å². The summed E-state index contributed by atoms with van der Waals surface area (Å²) in [6.07, 6.45) is -3.46. The first-order valence-electron chi connectivity index (χ1n) is 4.83. The van der Waals surface area contributed by atoms with E-state index in [4.69, 9.17) is 0 Å². The van der Waals surface area contributed by atoms with Crippen LogP contribution in [-0.4, -0.2) is 11.3 Å². The summed E-state index contributed by atoms with van der Waals surface area (Å²) in [6.45, 7) is 0. The average molecular weight is 256 g/mol. The highest BCUT2D eigenvalue weighted by molar-refractivity contribution is 5.59. The molecule has 0 aliphatic carbocycles. The van der Waals surface area contributed by atoms with Crippen LogP contribution in [0.1, 0.15) is 0 Å². The maximum atomic E-state index is 13.4. The molecule has 1 heterocycles. The molecule has 0 N–H and O–H groups in total. The molecule has 0 aliphatic heterocycles. The molecule has 93 valence electrons. The quantitative estimate of drug-likeness (QED) is 0.766. The Morgan fingerprint density at radius 3 is 2.56 bits per heavy atom. The van der Waals surface area contributed by atoms with E-state index in [0.29, 0.717) is 11.3 Å². The number of rotatable bonds is 2. The van der Waals surface area contributed by atoms with Crippen molar-refractivity contribution in [1.82, 2.24) is 4.98 Å². The Balaban J connectivity index is 2.31. The minimum absolute atomic E-state index is 0.346. The van der Waals surface area contributed by atoms with Crippen molar-refractivity contribution in [3.05, 3.63) is 48.4 Å². The van der Waals surface area contributed by atoms with Crippen LogP contribution in [0.25, 0.3) is 11.3 Å². The topological polar surface area (TPSA) is 22.1 Å². The zero-order valence-electron chi connectivity index (χ0n) is 8.83. The molecule has 1 radical (unpaired) electrons. The van der Waals surface area contributed by atoms with Crippen molar-refractivity contribution in [2.24, 2.45) is 0 Å². The number of hydrogen-bond acceptors (Lipinski definition) is 2. The summed E-state index contributed by atoms with van der Waals surface area (Å²) in [5.41, 5.74) is 0.758. The molecule has 6 heteroatoms. The molecule has 2 rings (SSSR count). The highest BCUT2D eigenvalue weighted by atomic mass is 19.4. The van der Waals surface area contributed by atoms with Crippen LogP contribution >= 0.6 is 0 Å². The van der Waals surface area contributed by atoms with Gasteiger partial charge in [-0.25, -0.2) is 4.39 Å². The minimum Gasteiger partial charge on any atom is -0.403 e. The monoisotopic (exact) mass is 256 g/mol. The van der Waals surface area contributed by atoms with Gasteiger partial charge in [-0.2, -0.15) is 0 Å². The van der Waals surface area contributed by atoms with Gasteiger partial charge in [0, 0.05) is 11.8 Å². The Kier molecular flexibility index (Phi) is 3.18. The first-order valence-corrected chi connectivity index (χ1v) is 4.83. The molecule has 2 aromatic rings. The van der Waals surface area contributed by atoms with Crippen molar-refractivity contribution in [1.29, 1.82) is 0 Å². The second-order valence-electron chi connectivity index (χ2n) is 3.33. The van der Waals surface area contributed by atoms with E-state index in [0.717, 1.165) is 12.1 Å². The molecule has 0 aliphatic rings. The summed E-state index contributed by atoms with van der Waals surface area (Å²) in [6, 6.07) is 8.92. The van der Waals surface area contributed by atoms with Crippen LogP contribution in [0.5, 0.6) is 5.75 Å². The number of halogens is 4. The molecule has 0 atom stereocenters. The fourth-order valence-corrected chi connectivity index (χ4v) is 1.35. The van der Waals surface area contributed by atoms with Gasteiger partial charge in [-0.1, -0.05) is 0 Å². The van der Waals surface area contributed by atoms with Crippen LogP contribution in [0, 0.1) is 11.9 Å². The van der Waals surface area contributed by atoms with Gasteiger partial charge in [-0.15, -0.1) is 13.2 Å². The molecule has 0 bridgehead atoms. The van der Waals surface area contributed by atoms with E-state index >= 15 is 0 Å². The summed E-state index contributed by atoms with van der Waals surface area (Å²) in [5, 5.41) is 0. The third-order valence-corrected chi connectivity index (χ3v) is 2.06. The largest absolute Gasteiger partial charge is 0.573 e. The van der Waals surface area contributed by atoms with E-state index in [1.807, 2.05) is 0 Å². The van der Waals surface area contributed by atoms with Crippen LogP contribution in [-0.2, 0) is 0 Å². The normalized spacial score (nSPS) is 11.3. The van der Waals surface area contributed by atoms with Crippen LogP contribution < -0.4 is 4.74 Å². The fourth-order valence-electron chi connectivity index (χ4n) is 1.35. The first-order chi connectivity index (χ1) is 8.46. The number of ether oxygens (including phenoxy) is 1. The highest BCUT2D eigenvalue weighted by Crippen LogP contribution is 2.28. The molecule has 1 aromatic carbocycles. The number of benzene rings is 1. The summed E-state index contributed by atoms with van der Waals surface area (Å²) >= 11 is 0. The van der Waals surface area contributed by atoms with Gasteiger partial charge in [0.2, 0.25) is 0 Å². The molecule has 18 heavy (non-hydrogen) atoms. The van der Waals surface area contributed by atoms with Crippen molar-refractivity contribution in [3.63, 3.8) is 0 Å². The predicted molar refractivity (Wildman–Crippen MR) is 55.2 cm³/mol. The van der Waals surface area contributed by atoms with E-state index in [1.54, 1.807) is 6.07 Å². The molecule has 0 spiro atoms. The van der Waals surface area contributed by atoms with Gasteiger partial charge in [0.1, 0.15) is 0 Å². The van der Waals surface area contributed by atoms with Crippen molar-refractivity contribution >= 4 is 0 Å². The summed E-state index contributed by atoms with van der Waals surface area (Å²) in [5.74, 6) is -1.97.